The lowest BCUT2D eigenvalue weighted by Gasteiger charge is -2.12. The normalized spacial score (nSPS) is 11.9. The molecular formula is C51H30N4O2. The zero-order valence-corrected chi connectivity index (χ0v) is 30.4. The topological polar surface area (TPSA) is 69.9 Å². The second-order valence-corrected chi connectivity index (χ2v) is 14.4. The molecule has 8 aromatic carbocycles. The Bertz CT molecular complexity index is 3410. The van der Waals surface area contributed by atoms with E-state index >= 15 is 0 Å². The quantitative estimate of drug-likeness (QED) is 0.176. The molecular weight excluding hydrogens is 701 g/mol. The molecule has 266 valence electrons. The Labute approximate surface area is 325 Å². The molecule has 0 saturated carbocycles. The van der Waals surface area contributed by atoms with Crippen LogP contribution in [0.25, 0.3) is 117 Å². The third-order valence-corrected chi connectivity index (χ3v) is 11.0. The van der Waals surface area contributed by atoms with Gasteiger partial charge in [-0.1, -0.05) is 133 Å². The summed E-state index contributed by atoms with van der Waals surface area (Å²) in [4.78, 5) is 15.1. The highest BCUT2D eigenvalue weighted by atomic mass is 16.3. The van der Waals surface area contributed by atoms with E-state index in [1.54, 1.807) is 0 Å². The number of benzene rings is 8. The second kappa shape index (κ2) is 12.3. The number of fused-ring (bicyclic) bond motifs is 9. The van der Waals surface area contributed by atoms with Crippen LogP contribution < -0.4 is 0 Å². The lowest BCUT2D eigenvalue weighted by Crippen LogP contribution is -2.00. The molecule has 0 saturated heterocycles. The summed E-state index contributed by atoms with van der Waals surface area (Å²) in [7, 11) is 0. The summed E-state index contributed by atoms with van der Waals surface area (Å²) in [5.74, 6) is 1.81. The molecule has 0 unspecified atom stereocenters. The molecule has 6 nitrogen and oxygen atoms in total. The zero-order valence-electron chi connectivity index (χ0n) is 30.4. The molecule has 4 aromatic heterocycles. The lowest BCUT2D eigenvalue weighted by atomic mass is 9.96. The van der Waals surface area contributed by atoms with Gasteiger partial charge in [0.15, 0.2) is 17.5 Å². The van der Waals surface area contributed by atoms with Crippen molar-refractivity contribution in [1.29, 1.82) is 0 Å². The molecule has 0 atom stereocenters. The van der Waals surface area contributed by atoms with Crippen molar-refractivity contribution in [2.75, 3.05) is 0 Å². The van der Waals surface area contributed by atoms with Crippen LogP contribution in [0.3, 0.4) is 0 Å². The number of hydrogen-bond donors (Lipinski definition) is 0. The van der Waals surface area contributed by atoms with E-state index in [4.69, 9.17) is 23.8 Å². The third-order valence-electron chi connectivity index (χ3n) is 11.0. The minimum absolute atomic E-state index is 0.581. The first-order valence-electron chi connectivity index (χ1n) is 19.0. The van der Waals surface area contributed by atoms with Gasteiger partial charge in [-0.05, 0) is 53.6 Å². The van der Waals surface area contributed by atoms with Crippen LogP contribution in [-0.4, -0.2) is 19.5 Å². The standard InChI is InChI=1S/C51H30N4O2/c1-3-14-31(15-4-1)49-52-50(32-16-5-2-6-17-32)54-51(53-49)38-21-13-25-45-48(38)40-28-33(26-27-44(40)56-45)39-29-34(30-46-47(39)37-20-9-12-24-43(37)57-46)55-41-22-10-7-18-35(41)36-19-8-11-23-42(36)55/h1-30H. The van der Waals surface area contributed by atoms with Crippen LogP contribution in [0.4, 0.5) is 0 Å². The predicted octanol–water partition coefficient (Wildman–Crippen LogP) is 13.4. The van der Waals surface area contributed by atoms with Gasteiger partial charge in [0.25, 0.3) is 0 Å². The van der Waals surface area contributed by atoms with Crippen LogP contribution in [0.5, 0.6) is 0 Å². The van der Waals surface area contributed by atoms with Crippen LogP contribution in [-0.2, 0) is 0 Å². The van der Waals surface area contributed by atoms with Crippen molar-refractivity contribution in [2.24, 2.45) is 0 Å². The summed E-state index contributed by atoms with van der Waals surface area (Å²) in [6.07, 6.45) is 0. The molecule has 12 aromatic rings. The van der Waals surface area contributed by atoms with Crippen molar-refractivity contribution < 1.29 is 8.83 Å². The molecule has 0 radical (unpaired) electrons. The number of nitrogens with zero attached hydrogens (tertiary/aromatic N) is 4. The Morgan fingerprint density at radius 3 is 1.58 bits per heavy atom. The third kappa shape index (κ3) is 4.94. The van der Waals surface area contributed by atoms with Crippen LogP contribution in [0.1, 0.15) is 0 Å². The van der Waals surface area contributed by atoms with E-state index in [1.807, 2.05) is 84.9 Å². The maximum atomic E-state index is 6.64. The van der Waals surface area contributed by atoms with E-state index in [0.717, 1.165) is 88.4 Å². The van der Waals surface area contributed by atoms with Gasteiger partial charge < -0.3 is 13.4 Å². The van der Waals surface area contributed by atoms with Gasteiger partial charge in [-0.3, -0.25) is 0 Å². The number of hydrogen-bond acceptors (Lipinski definition) is 5. The molecule has 0 aliphatic carbocycles. The first-order chi connectivity index (χ1) is 28.2. The van der Waals surface area contributed by atoms with Crippen molar-refractivity contribution in [1.82, 2.24) is 19.5 Å². The van der Waals surface area contributed by atoms with E-state index < -0.39 is 0 Å². The highest BCUT2D eigenvalue weighted by Crippen LogP contribution is 2.43. The summed E-state index contributed by atoms with van der Waals surface area (Å²) in [5.41, 5.74) is 11.4. The van der Waals surface area contributed by atoms with Crippen molar-refractivity contribution >= 4 is 65.7 Å². The molecule has 0 spiro atoms. The Kier molecular flexibility index (Phi) is 6.83. The maximum Gasteiger partial charge on any atom is 0.164 e. The number of furan rings is 2. The average molecular weight is 731 g/mol. The molecule has 0 amide bonds. The highest BCUT2D eigenvalue weighted by Gasteiger charge is 2.21. The molecule has 0 aliphatic rings. The maximum absolute atomic E-state index is 6.64. The number of para-hydroxylation sites is 3. The molecule has 12 rings (SSSR count). The SMILES string of the molecule is c1ccc(-c2nc(-c3ccccc3)nc(-c3cccc4oc5ccc(-c6cc(-n7c8ccccc8c8ccccc87)cc7oc8ccccc8c67)cc5c34)n2)cc1. The van der Waals surface area contributed by atoms with Gasteiger partial charge in [-0.25, -0.2) is 15.0 Å². The van der Waals surface area contributed by atoms with E-state index in [2.05, 4.69) is 102 Å². The van der Waals surface area contributed by atoms with Crippen molar-refractivity contribution in [3.63, 3.8) is 0 Å². The fraction of sp³-hybridized carbons (Fsp3) is 0. The summed E-state index contributed by atoms with van der Waals surface area (Å²) in [5, 5.41) is 6.49. The summed E-state index contributed by atoms with van der Waals surface area (Å²) >= 11 is 0. The fourth-order valence-corrected chi connectivity index (χ4v) is 8.51. The minimum Gasteiger partial charge on any atom is -0.456 e. The lowest BCUT2D eigenvalue weighted by molar-refractivity contribution is 0.668. The zero-order chi connectivity index (χ0) is 37.5. The van der Waals surface area contributed by atoms with Crippen molar-refractivity contribution in [2.45, 2.75) is 0 Å². The van der Waals surface area contributed by atoms with Gasteiger partial charge in [0.2, 0.25) is 0 Å². The number of rotatable bonds is 5. The Morgan fingerprint density at radius 1 is 0.333 bits per heavy atom. The smallest absolute Gasteiger partial charge is 0.164 e. The van der Waals surface area contributed by atoms with Crippen LogP contribution in [0.2, 0.25) is 0 Å². The molecule has 0 aliphatic heterocycles. The minimum atomic E-state index is 0.581. The fourth-order valence-electron chi connectivity index (χ4n) is 8.51. The summed E-state index contributed by atoms with van der Waals surface area (Å²) in [6, 6.07) is 62.7. The van der Waals surface area contributed by atoms with Gasteiger partial charge in [-0.15, -0.1) is 0 Å². The van der Waals surface area contributed by atoms with E-state index in [9.17, 15) is 0 Å². The van der Waals surface area contributed by atoms with E-state index in [-0.39, 0.29) is 0 Å². The molecule has 0 fully saturated rings. The summed E-state index contributed by atoms with van der Waals surface area (Å²) in [6.45, 7) is 0. The largest absolute Gasteiger partial charge is 0.456 e. The van der Waals surface area contributed by atoms with Crippen molar-refractivity contribution in [3.8, 4) is 51.0 Å². The molecule has 57 heavy (non-hydrogen) atoms. The first-order valence-corrected chi connectivity index (χ1v) is 19.0. The van der Waals surface area contributed by atoms with Crippen LogP contribution >= 0.6 is 0 Å². The Hall–Kier alpha value is -7.83. The first kappa shape index (κ1) is 31.5. The Balaban J connectivity index is 1.12. The van der Waals surface area contributed by atoms with Gasteiger partial charge in [0.1, 0.15) is 22.3 Å². The molecule has 0 N–H and O–H groups in total. The molecule has 6 heteroatoms. The van der Waals surface area contributed by atoms with Crippen LogP contribution in [0, 0.1) is 0 Å². The van der Waals surface area contributed by atoms with E-state index in [1.165, 1.54) is 10.8 Å². The van der Waals surface area contributed by atoms with Crippen LogP contribution in [0.15, 0.2) is 191 Å². The van der Waals surface area contributed by atoms with Gasteiger partial charge in [0, 0.05) is 55.1 Å². The van der Waals surface area contributed by atoms with Gasteiger partial charge >= 0.3 is 0 Å². The van der Waals surface area contributed by atoms with Gasteiger partial charge in [-0.2, -0.15) is 0 Å². The van der Waals surface area contributed by atoms with Gasteiger partial charge in [0.05, 0.1) is 16.7 Å². The highest BCUT2D eigenvalue weighted by molar-refractivity contribution is 6.17. The Morgan fingerprint density at radius 2 is 0.877 bits per heavy atom. The second-order valence-electron chi connectivity index (χ2n) is 14.4. The monoisotopic (exact) mass is 730 g/mol. The van der Waals surface area contributed by atoms with E-state index in [0.29, 0.717) is 17.5 Å². The summed E-state index contributed by atoms with van der Waals surface area (Å²) < 4.78 is 15.5. The average Bonchev–Trinajstić information content (AvgIpc) is 3.96. The molecule has 4 heterocycles. The van der Waals surface area contributed by atoms with Crippen molar-refractivity contribution in [3.05, 3.63) is 182 Å². The predicted molar refractivity (Wildman–Crippen MR) is 230 cm³/mol. The molecule has 0 bridgehead atoms. The number of aromatic nitrogens is 4.